The zero-order chi connectivity index (χ0) is 9.42. The van der Waals surface area contributed by atoms with Gasteiger partial charge in [0.2, 0.25) is 14.2 Å². The fraction of sp³-hybridized carbons (Fsp3) is 0. The molecule has 0 radical (unpaired) electrons. The normalized spacial score (nSPS) is 10.5. The van der Waals surface area contributed by atoms with Gasteiger partial charge < -0.3 is 4.98 Å². The van der Waals surface area contributed by atoms with Crippen LogP contribution in [0.15, 0.2) is 18.2 Å². The monoisotopic (exact) mass is 233 g/mol. The molecule has 0 aliphatic carbocycles. The number of benzene rings is 1. The lowest BCUT2D eigenvalue weighted by Crippen LogP contribution is -1.68. The highest BCUT2D eigenvalue weighted by Crippen LogP contribution is 2.21. The Bertz CT molecular complexity index is 615. The number of rotatable bonds is 0. The summed E-state index contributed by atoms with van der Waals surface area (Å²) < 4.78 is 22.3. The number of fused-ring (bicyclic) bond motifs is 1. The first-order valence-corrected chi connectivity index (χ1v) is 5.64. The Morgan fingerprint density at radius 2 is 2.15 bits per heavy atom. The third-order valence-electron chi connectivity index (χ3n) is 1.53. The van der Waals surface area contributed by atoms with E-state index in [0.717, 1.165) is 10.2 Å². The van der Waals surface area contributed by atoms with Gasteiger partial charge in [-0.25, -0.2) is 0 Å². The lowest BCUT2D eigenvalue weighted by molar-refractivity contribution is 0.624. The van der Waals surface area contributed by atoms with Crippen LogP contribution in [-0.4, -0.2) is 13.4 Å². The summed E-state index contributed by atoms with van der Waals surface area (Å²) in [6.07, 6.45) is 0. The van der Waals surface area contributed by atoms with Crippen LogP contribution in [0.25, 0.3) is 10.2 Å². The lowest BCUT2D eigenvalue weighted by Gasteiger charge is -1.87. The number of hydrogen-bond donors (Lipinski definition) is 1. The predicted molar refractivity (Wildman–Crippen MR) is 53.3 cm³/mol. The minimum absolute atomic E-state index is 0.220. The van der Waals surface area contributed by atoms with Crippen LogP contribution >= 0.6 is 22.9 Å². The molecular formula is C7H4ClNO2S2. The van der Waals surface area contributed by atoms with Gasteiger partial charge in [0.1, 0.15) is 0 Å². The van der Waals surface area contributed by atoms with Gasteiger partial charge in [0.05, 0.1) is 10.2 Å². The number of halogens is 1. The van der Waals surface area contributed by atoms with Gasteiger partial charge in [-0.1, -0.05) is 11.6 Å². The first-order chi connectivity index (χ1) is 6.16. The molecule has 1 N–H and O–H groups in total. The van der Waals surface area contributed by atoms with Crippen molar-refractivity contribution >= 4 is 43.4 Å². The Morgan fingerprint density at radius 1 is 1.38 bits per heavy atom. The summed E-state index contributed by atoms with van der Waals surface area (Å²) in [6, 6.07) is 5.21. The Kier molecular flexibility index (Phi) is 2.15. The van der Waals surface area contributed by atoms with E-state index in [0.29, 0.717) is 5.02 Å². The van der Waals surface area contributed by atoms with Crippen LogP contribution in [0.3, 0.4) is 0 Å². The molecule has 2 rings (SSSR count). The van der Waals surface area contributed by atoms with Gasteiger partial charge in [-0.15, -0.1) is 11.3 Å². The van der Waals surface area contributed by atoms with Crippen LogP contribution < -0.4 is 0 Å². The summed E-state index contributed by atoms with van der Waals surface area (Å²) in [5.41, 5.74) is 0.747. The van der Waals surface area contributed by atoms with Crippen molar-refractivity contribution in [2.75, 3.05) is 0 Å². The summed E-state index contributed by atoms with van der Waals surface area (Å²) >= 11 is 6.93. The van der Waals surface area contributed by atoms with Gasteiger partial charge >= 0.3 is 0 Å². The van der Waals surface area contributed by atoms with Crippen molar-refractivity contribution in [2.24, 2.45) is 0 Å². The molecule has 0 bridgehead atoms. The second-order valence-corrected chi connectivity index (χ2v) is 5.01. The average Bonchev–Trinajstić information content (AvgIpc) is 2.46. The first-order valence-electron chi connectivity index (χ1n) is 3.37. The molecule has 0 saturated carbocycles. The molecule has 6 heteroatoms. The van der Waals surface area contributed by atoms with E-state index in [1.54, 1.807) is 18.2 Å². The largest absolute Gasteiger partial charge is 0.333 e. The molecule has 1 heterocycles. The van der Waals surface area contributed by atoms with Crippen molar-refractivity contribution in [3.05, 3.63) is 27.2 Å². The molecule has 1 aromatic heterocycles. The molecule has 2 aromatic rings. The van der Waals surface area contributed by atoms with E-state index in [1.165, 1.54) is 11.3 Å². The molecule has 68 valence electrons. The third kappa shape index (κ3) is 1.63. The highest BCUT2D eigenvalue weighted by atomic mass is 35.5. The SMILES string of the molecule is O=S(=O)=c1[nH]c2cc(Cl)ccc2s1. The van der Waals surface area contributed by atoms with Gasteiger partial charge in [0, 0.05) is 5.02 Å². The molecule has 0 aliphatic rings. The standard InChI is InChI=1S/C7H4ClNO2S2/c8-4-1-2-6-5(3-4)9-7(12-6)13(10)11/h1-3,9H. The van der Waals surface area contributed by atoms with E-state index < -0.39 is 10.3 Å². The molecule has 13 heavy (non-hydrogen) atoms. The molecule has 0 spiro atoms. The smallest absolute Gasteiger partial charge is 0.248 e. The molecule has 0 unspecified atom stereocenters. The fourth-order valence-corrected chi connectivity index (χ4v) is 2.62. The Balaban J connectivity index is 3.00. The fourth-order valence-electron chi connectivity index (χ4n) is 1.000. The molecule has 0 saturated heterocycles. The van der Waals surface area contributed by atoms with E-state index in [1.807, 2.05) is 0 Å². The van der Waals surface area contributed by atoms with Crippen molar-refractivity contribution < 1.29 is 8.42 Å². The van der Waals surface area contributed by atoms with Crippen LogP contribution in [0, 0.1) is 3.95 Å². The maximum Gasteiger partial charge on any atom is 0.248 e. The summed E-state index contributed by atoms with van der Waals surface area (Å²) in [6.45, 7) is 0. The average molecular weight is 234 g/mol. The van der Waals surface area contributed by atoms with Gasteiger partial charge in [-0.2, -0.15) is 8.42 Å². The zero-order valence-corrected chi connectivity index (χ0v) is 8.63. The minimum atomic E-state index is -2.20. The molecule has 3 nitrogen and oxygen atoms in total. The van der Waals surface area contributed by atoms with Crippen LogP contribution in [0.5, 0.6) is 0 Å². The van der Waals surface area contributed by atoms with Crippen LogP contribution in [0.2, 0.25) is 5.02 Å². The quantitative estimate of drug-likeness (QED) is 0.710. The molecule has 1 aromatic carbocycles. The van der Waals surface area contributed by atoms with E-state index in [-0.39, 0.29) is 3.95 Å². The number of aromatic nitrogens is 1. The molecular weight excluding hydrogens is 230 g/mol. The minimum Gasteiger partial charge on any atom is -0.333 e. The van der Waals surface area contributed by atoms with Crippen molar-refractivity contribution in [1.82, 2.24) is 4.98 Å². The Labute approximate surface area is 84.1 Å². The summed E-state index contributed by atoms with van der Waals surface area (Å²) in [7, 11) is -2.20. The van der Waals surface area contributed by atoms with Crippen molar-refractivity contribution in [3.8, 4) is 0 Å². The summed E-state index contributed by atoms with van der Waals surface area (Å²) in [5, 5.41) is 0.588. The number of thiazole rings is 1. The summed E-state index contributed by atoms with van der Waals surface area (Å²) in [4.78, 5) is 2.76. The number of hydrogen-bond acceptors (Lipinski definition) is 3. The van der Waals surface area contributed by atoms with Gasteiger partial charge in [-0.3, -0.25) is 0 Å². The van der Waals surface area contributed by atoms with Crippen molar-refractivity contribution in [2.45, 2.75) is 0 Å². The maximum absolute atomic E-state index is 10.6. The topological polar surface area (TPSA) is 49.9 Å². The van der Waals surface area contributed by atoms with Crippen molar-refractivity contribution in [3.63, 3.8) is 0 Å². The lowest BCUT2D eigenvalue weighted by atomic mass is 10.3. The molecule has 0 aliphatic heterocycles. The van der Waals surface area contributed by atoms with Gasteiger partial charge in [-0.05, 0) is 18.2 Å². The van der Waals surface area contributed by atoms with Crippen molar-refractivity contribution in [1.29, 1.82) is 0 Å². The van der Waals surface area contributed by atoms with Crippen LogP contribution in [0.4, 0.5) is 0 Å². The molecule has 0 fully saturated rings. The van der Waals surface area contributed by atoms with E-state index in [9.17, 15) is 8.42 Å². The van der Waals surface area contributed by atoms with Crippen LogP contribution in [-0.2, 0) is 10.3 Å². The molecule has 0 amide bonds. The second-order valence-electron chi connectivity index (χ2n) is 2.39. The van der Waals surface area contributed by atoms with Crippen LogP contribution in [0.1, 0.15) is 0 Å². The number of H-pyrrole nitrogens is 1. The van der Waals surface area contributed by atoms with E-state index >= 15 is 0 Å². The number of nitrogens with one attached hydrogen (secondary N) is 1. The first kappa shape index (κ1) is 8.80. The Morgan fingerprint density at radius 3 is 2.85 bits per heavy atom. The van der Waals surface area contributed by atoms with E-state index in [4.69, 9.17) is 11.6 Å². The highest BCUT2D eigenvalue weighted by molar-refractivity contribution is 7.66. The highest BCUT2D eigenvalue weighted by Gasteiger charge is 1.98. The van der Waals surface area contributed by atoms with Gasteiger partial charge in [0.15, 0.2) is 0 Å². The maximum atomic E-state index is 10.6. The second kappa shape index (κ2) is 3.17. The Hall–Kier alpha value is -0.780. The van der Waals surface area contributed by atoms with Gasteiger partial charge in [0.25, 0.3) is 0 Å². The molecule has 0 atom stereocenters. The van der Waals surface area contributed by atoms with E-state index in [2.05, 4.69) is 4.98 Å². The number of aromatic amines is 1. The zero-order valence-electron chi connectivity index (χ0n) is 6.24. The predicted octanol–water partition coefficient (Wildman–Crippen LogP) is 2.29. The summed E-state index contributed by atoms with van der Waals surface area (Å²) in [5.74, 6) is 0. The third-order valence-corrected chi connectivity index (χ3v) is 3.69.